The smallest absolute Gasteiger partial charge is 0.191 e. The van der Waals surface area contributed by atoms with Gasteiger partial charge in [0, 0.05) is 24.1 Å². The van der Waals surface area contributed by atoms with E-state index >= 15 is 0 Å². The number of nitrogens with one attached hydrogen (secondary N) is 1. The van der Waals surface area contributed by atoms with Crippen molar-refractivity contribution >= 4 is 21.6 Å². The van der Waals surface area contributed by atoms with Crippen molar-refractivity contribution in [1.82, 2.24) is 10.3 Å². The van der Waals surface area contributed by atoms with Crippen molar-refractivity contribution in [1.29, 1.82) is 0 Å². The second-order valence-corrected chi connectivity index (χ2v) is 5.96. The second-order valence-electron chi connectivity index (χ2n) is 3.52. The van der Waals surface area contributed by atoms with Crippen molar-refractivity contribution in [2.45, 2.75) is 5.03 Å². The average molecular weight is 278 g/mol. The Morgan fingerprint density at radius 2 is 2.11 bits per heavy atom. The first-order chi connectivity index (χ1) is 8.86. The van der Waals surface area contributed by atoms with Crippen LogP contribution >= 0.6 is 21.6 Å². The summed E-state index contributed by atoms with van der Waals surface area (Å²) in [4.78, 5) is 4.22. The normalized spacial score (nSPS) is 13.0. The van der Waals surface area contributed by atoms with E-state index in [4.69, 9.17) is 0 Å². The molecule has 0 unspecified atom stereocenters. The van der Waals surface area contributed by atoms with Crippen LogP contribution in [0.25, 0.3) is 0 Å². The monoisotopic (exact) mass is 278 g/mol. The molecule has 0 amide bonds. The quantitative estimate of drug-likeness (QED) is 0.475. The predicted octanol–water partition coefficient (Wildman–Crippen LogP) is 3.31. The van der Waals surface area contributed by atoms with Crippen molar-refractivity contribution < 1.29 is 5.11 Å². The molecule has 2 rings (SSSR count). The first-order valence-corrected chi connectivity index (χ1v) is 7.90. The summed E-state index contributed by atoms with van der Waals surface area (Å²) in [5.74, 6) is 1.13. The standard InChI is InChI=1S/C13H14N2OS2/c16-13(11-5-1-2-6-11)15-9-10-17-18-12-7-3-4-8-14-12/h1-8,15-16H,9-10H2. The molecule has 0 saturated heterocycles. The van der Waals surface area contributed by atoms with Crippen LogP contribution in [0, 0.1) is 0 Å². The van der Waals surface area contributed by atoms with Gasteiger partial charge in [0.1, 0.15) is 5.03 Å². The molecule has 5 heteroatoms. The van der Waals surface area contributed by atoms with Gasteiger partial charge in [0.05, 0.1) is 0 Å². The largest absolute Gasteiger partial charge is 0.494 e. The van der Waals surface area contributed by atoms with Crippen LogP contribution in [0.1, 0.15) is 0 Å². The molecule has 1 heterocycles. The molecule has 0 aliphatic heterocycles. The molecule has 3 nitrogen and oxygen atoms in total. The molecule has 1 aromatic heterocycles. The highest BCUT2D eigenvalue weighted by atomic mass is 33.1. The zero-order valence-corrected chi connectivity index (χ0v) is 11.4. The molecular weight excluding hydrogens is 264 g/mol. The Kier molecular flexibility index (Phi) is 5.23. The molecule has 0 spiro atoms. The Labute approximate surface area is 114 Å². The molecule has 0 bridgehead atoms. The van der Waals surface area contributed by atoms with Crippen molar-refractivity contribution in [2.75, 3.05) is 12.3 Å². The zero-order valence-electron chi connectivity index (χ0n) is 9.74. The number of hydrogen-bond acceptors (Lipinski definition) is 5. The number of aromatic nitrogens is 1. The van der Waals surface area contributed by atoms with E-state index in [1.807, 2.05) is 42.5 Å². The van der Waals surface area contributed by atoms with Gasteiger partial charge in [-0.25, -0.2) is 4.98 Å². The third-order valence-electron chi connectivity index (χ3n) is 2.20. The van der Waals surface area contributed by atoms with Crippen molar-refractivity contribution in [3.8, 4) is 0 Å². The maximum atomic E-state index is 9.70. The maximum Gasteiger partial charge on any atom is 0.191 e. The van der Waals surface area contributed by atoms with Crippen LogP contribution in [-0.2, 0) is 0 Å². The van der Waals surface area contributed by atoms with E-state index < -0.39 is 0 Å². The molecule has 94 valence electrons. The Bertz CT molecular complexity index is 455. The highest BCUT2D eigenvalue weighted by molar-refractivity contribution is 8.76. The molecule has 0 atom stereocenters. The van der Waals surface area contributed by atoms with Crippen molar-refractivity contribution in [3.63, 3.8) is 0 Å². The molecule has 1 aliphatic rings. The van der Waals surface area contributed by atoms with Gasteiger partial charge in [0.25, 0.3) is 0 Å². The fourth-order valence-corrected chi connectivity index (χ4v) is 3.13. The highest BCUT2D eigenvalue weighted by Crippen LogP contribution is 2.28. The van der Waals surface area contributed by atoms with Gasteiger partial charge in [-0.3, -0.25) is 0 Å². The summed E-state index contributed by atoms with van der Waals surface area (Å²) in [7, 11) is 3.36. The van der Waals surface area contributed by atoms with Gasteiger partial charge in [-0.1, -0.05) is 29.0 Å². The minimum absolute atomic E-state index is 0.239. The number of aliphatic hydroxyl groups excluding tert-OH is 1. The minimum atomic E-state index is 0.239. The lowest BCUT2D eigenvalue weighted by Crippen LogP contribution is -2.17. The fourth-order valence-electron chi connectivity index (χ4n) is 1.34. The summed E-state index contributed by atoms with van der Waals surface area (Å²) in [5.41, 5.74) is 0.831. The Hall–Kier alpha value is -1.33. The van der Waals surface area contributed by atoms with Gasteiger partial charge in [-0.05, 0) is 35.1 Å². The number of aliphatic hydroxyl groups is 1. The number of allylic oxidation sites excluding steroid dienone is 5. The van der Waals surface area contributed by atoms with E-state index in [2.05, 4.69) is 10.3 Å². The topological polar surface area (TPSA) is 45.1 Å². The van der Waals surface area contributed by atoms with E-state index in [1.165, 1.54) is 0 Å². The van der Waals surface area contributed by atoms with Gasteiger partial charge in [-0.2, -0.15) is 0 Å². The lowest BCUT2D eigenvalue weighted by Gasteiger charge is -2.06. The number of pyridine rings is 1. The Morgan fingerprint density at radius 3 is 2.83 bits per heavy atom. The van der Waals surface area contributed by atoms with Crippen LogP contribution in [0.2, 0.25) is 0 Å². The first kappa shape index (κ1) is 13.1. The molecular formula is C13H14N2OS2. The van der Waals surface area contributed by atoms with E-state index in [9.17, 15) is 5.11 Å². The van der Waals surface area contributed by atoms with Gasteiger partial charge in [0.2, 0.25) is 0 Å². The molecule has 18 heavy (non-hydrogen) atoms. The summed E-state index contributed by atoms with van der Waals surface area (Å²) >= 11 is 0. The van der Waals surface area contributed by atoms with Gasteiger partial charge in [0.15, 0.2) is 5.88 Å². The van der Waals surface area contributed by atoms with Crippen LogP contribution in [-0.4, -0.2) is 22.4 Å². The lowest BCUT2D eigenvalue weighted by molar-refractivity contribution is 0.365. The van der Waals surface area contributed by atoms with Crippen LogP contribution in [0.15, 0.2) is 65.2 Å². The predicted molar refractivity (Wildman–Crippen MR) is 78.5 cm³/mol. The maximum absolute atomic E-state index is 9.70. The molecule has 0 aromatic carbocycles. The van der Waals surface area contributed by atoms with Crippen LogP contribution < -0.4 is 5.32 Å². The Morgan fingerprint density at radius 1 is 1.28 bits per heavy atom. The number of nitrogens with zero attached hydrogens (tertiary/aromatic N) is 1. The fraction of sp³-hybridized carbons (Fsp3) is 0.154. The number of hydrogen-bond donors (Lipinski definition) is 2. The molecule has 0 fully saturated rings. The summed E-state index contributed by atoms with van der Waals surface area (Å²) in [6.07, 6.45) is 9.34. The lowest BCUT2D eigenvalue weighted by atomic mass is 10.3. The summed E-state index contributed by atoms with van der Waals surface area (Å²) in [6.45, 7) is 0.724. The van der Waals surface area contributed by atoms with Gasteiger partial charge >= 0.3 is 0 Å². The van der Waals surface area contributed by atoms with Crippen molar-refractivity contribution in [2.24, 2.45) is 0 Å². The van der Waals surface area contributed by atoms with E-state index in [1.54, 1.807) is 27.8 Å². The van der Waals surface area contributed by atoms with Gasteiger partial charge in [-0.15, -0.1) is 0 Å². The van der Waals surface area contributed by atoms with Crippen LogP contribution in [0.5, 0.6) is 0 Å². The van der Waals surface area contributed by atoms with E-state index in [-0.39, 0.29) is 5.88 Å². The third kappa shape index (κ3) is 4.16. The Balaban J connectivity index is 1.63. The minimum Gasteiger partial charge on any atom is -0.494 e. The molecule has 1 aliphatic carbocycles. The first-order valence-electron chi connectivity index (χ1n) is 5.58. The molecule has 1 aromatic rings. The molecule has 0 saturated carbocycles. The van der Waals surface area contributed by atoms with Crippen LogP contribution in [0.3, 0.4) is 0 Å². The van der Waals surface area contributed by atoms with Crippen molar-refractivity contribution in [3.05, 3.63) is 60.2 Å². The van der Waals surface area contributed by atoms with E-state index in [0.717, 1.165) is 22.9 Å². The highest BCUT2D eigenvalue weighted by Gasteiger charge is 2.01. The molecule has 2 N–H and O–H groups in total. The third-order valence-corrected chi connectivity index (χ3v) is 4.46. The SMILES string of the molecule is OC(NCCSSc1ccccn1)=C1C=CC=C1. The summed E-state index contributed by atoms with van der Waals surface area (Å²) in [6, 6.07) is 5.87. The summed E-state index contributed by atoms with van der Waals surface area (Å²) < 4.78 is 0. The zero-order chi connectivity index (χ0) is 12.6. The van der Waals surface area contributed by atoms with E-state index in [0.29, 0.717) is 0 Å². The number of rotatable bonds is 6. The molecule has 0 radical (unpaired) electrons. The summed E-state index contributed by atoms with van der Waals surface area (Å²) in [5, 5.41) is 13.7. The van der Waals surface area contributed by atoms with Crippen LogP contribution in [0.4, 0.5) is 0 Å². The second kappa shape index (κ2) is 7.18. The average Bonchev–Trinajstić information content (AvgIpc) is 2.93. The van der Waals surface area contributed by atoms with Gasteiger partial charge < -0.3 is 10.4 Å².